The molecule has 1 amide bonds. The fourth-order valence-corrected chi connectivity index (χ4v) is 2.44. The second kappa shape index (κ2) is 6.62. The molecule has 1 aromatic heterocycles. The first kappa shape index (κ1) is 15.2. The molecule has 0 bridgehead atoms. The number of fused-ring (bicyclic) bond motifs is 1. The van der Waals surface area contributed by atoms with Gasteiger partial charge in [0.25, 0.3) is 5.91 Å². The van der Waals surface area contributed by atoms with E-state index < -0.39 is 0 Å². The number of hydrogen-bond acceptors (Lipinski definition) is 3. The lowest BCUT2D eigenvalue weighted by molar-refractivity contribution is 0.0938. The Labute approximate surface area is 134 Å². The molecule has 0 spiro atoms. The van der Waals surface area contributed by atoms with Gasteiger partial charge in [-0.3, -0.25) is 4.79 Å². The number of methoxy groups -OCH3 is 1. The maximum atomic E-state index is 12.3. The van der Waals surface area contributed by atoms with Gasteiger partial charge in [-0.05, 0) is 36.8 Å². The van der Waals surface area contributed by atoms with Gasteiger partial charge in [-0.25, -0.2) is 4.98 Å². The third kappa shape index (κ3) is 3.40. The summed E-state index contributed by atoms with van der Waals surface area (Å²) in [6.07, 6.45) is 0. The lowest BCUT2D eigenvalue weighted by Gasteiger charge is -2.11. The second-order valence-corrected chi connectivity index (χ2v) is 5.46. The fourth-order valence-electron chi connectivity index (χ4n) is 2.44. The van der Waals surface area contributed by atoms with Gasteiger partial charge in [0, 0.05) is 12.7 Å². The number of aromatic nitrogens is 2. The van der Waals surface area contributed by atoms with E-state index in [-0.39, 0.29) is 11.9 Å². The van der Waals surface area contributed by atoms with Gasteiger partial charge in [0.15, 0.2) is 0 Å². The van der Waals surface area contributed by atoms with Crippen molar-refractivity contribution < 1.29 is 9.53 Å². The van der Waals surface area contributed by atoms with E-state index in [0.29, 0.717) is 12.2 Å². The van der Waals surface area contributed by atoms with Gasteiger partial charge in [-0.2, -0.15) is 0 Å². The number of hydrogen-bond donors (Lipinski definition) is 2. The Hall–Kier alpha value is -2.66. The van der Waals surface area contributed by atoms with Crippen LogP contribution >= 0.6 is 0 Å². The minimum absolute atomic E-state index is 0.123. The van der Waals surface area contributed by atoms with Crippen molar-refractivity contribution in [2.45, 2.75) is 19.6 Å². The van der Waals surface area contributed by atoms with E-state index >= 15 is 0 Å². The first-order chi connectivity index (χ1) is 11.2. The summed E-state index contributed by atoms with van der Waals surface area (Å²) in [7, 11) is 1.65. The Morgan fingerprint density at radius 1 is 1.22 bits per heavy atom. The number of para-hydroxylation sites is 2. The quantitative estimate of drug-likeness (QED) is 0.760. The molecule has 0 aliphatic carbocycles. The molecule has 0 radical (unpaired) electrons. The van der Waals surface area contributed by atoms with Crippen LogP contribution in [0.3, 0.4) is 0 Å². The minimum atomic E-state index is -0.200. The van der Waals surface area contributed by atoms with E-state index in [1.165, 1.54) is 0 Å². The van der Waals surface area contributed by atoms with Crippen LogP contribution in [0, 0.1) is 0 Å². The summed E-state index contributed by atoms with van der Waals surface area (Å²) in [5, 5.41) is 2.96. The standard InChI is InChI=1S/C18H19N3O2/c1-12(17-20-15-5-3-4-6-16(15)21-17)19-18(22)14-9-7-13(8-10-14)11-23-2/h3-10,12H,11H2,1-2H3,(H,19,22)(H,20,21)/t12-/m0/s1. The number of ether oxygens (including phenoxy) is 1. The molecule has 1 atom stereocenters. The van der Waals surface area contributed by atoms with Crippen LogP contribution in [-0.2, 0) is 11.3 Å². The molecule has 3 rings (SSSR count). The van der Waals surface area contributed by atoms with Crippen LogP contribution < -0.4 is 5.32 Å². The van der Waals surface area contributed by atoms with Gasteiger partial charge in [0.1, 0.15) is 5.82 Å². The molecule has 2 N–H and O–H groups in total. The maximum Gasteiger partial charge on any atom is 0.251 e. The summed E-state index contributed by atoms with van der Waals surface area (Å²) in [5.74, 6) is 0.623. The highest BCUT2D eigenvalue weighted by Crippen LogP contribution is 2.16. The van der Waals surface area contributed by atoms with E-state index in [0.717, 1.165) is 22.4 Å². The predicted octanol–water partition coefficient (Wildman–Crippen LogP) is 3.20. The van der Waals surface area contributed by atoms with Crippen molar-refractivity contribution in [3.63, 3.8) is 0 Å². The van der Waals surface area contributed by atoms with Crippen LogP contribution in [0.15, 0.2) is 48.5 Å². The lowest BCUT2D eigenvalue weighted by Crippen LogP contribution is -2.27. The van der Waals surface area contributed by atoms with Crippen LogP contribution in [0.2, 0.25) is 0 Å². The van der Waals surface area contributed by atoms with Gasteiger partial charge in [0.2, 0.25) is 0 Å². The lowest BCUT2D eigenvalue weighted by atomic mass is 10.1. The maximum absolute atomic E-state index is 12.3. The Morgan fingerprint density at radius 3 is 2.65 bits per heavy atom. The Bertz CT molecular complexity index is 776. The number of nitrogens with zero attached hydrogens (tertiary/aromatic N) is 1. The van der Waals surface area contributed by atoms with Crippen LogP contribution in [0.1, 0.15) is 34.7 Å². The average molecular weight is 309 g/mol. The Balaban J connectivity index is 1.71. The number of carbonyl (C=O) groups is 1. The number of H-pyrrole nitrogens is 1. The normalized spacial score (nSPS) is 12.3. The van der Waals surface area contributed by atoms with E-state index in [9.17, 15) is 4.79 Å². The van der Waals surface area contributed by atoms with E-state index in [1.807, 2.05) is 43.3 Å². The van der Waals surface area contributed by atoms with Gasteiger partial charge < -0.3 is 15.0 Å². The molecule has 5 nitrogen and oxygen atoms in total. The summed E-state index contributed by atoms with van der Waals surface area (Å²) >= 11 is 0. The van der Waals surface area contributed by atoms with Crippen LogP contribution in [0.25, 0.3) is 11.0 Å². The zero-order valence-electron chi connectivity index (χ0n) is 13.2. The smallest absolute Gasteiger partial charge is 0.251 e. The molecule has 1 heterocycles. The summed E-state index contributed by atoms with van der Waals surface area (Å²) in [6, 6.07) is 15.0. The van der Waals surface area contributed by atoms with Crippen LogP contribution in [0.4, 0.5) is 0 Å². The first-order valence-electron chi connectivity index (χ1n) is 7.51. The molecule has 0 fully saturated rings. The summed E-state index contributed by atoms with van der Waals surface area (Å²) in [6.45, 7) is 2.45. The molecule has 0 saturated heterocycles. The molecule has 5 heteroatoms. The SMILES string of the molecule is COCc1ccc(C(=O)N[C@@H](C)c2nc3ccccc3[nH]2)cc1. The second-order valence-electron chi connectivity index (χ2n) is 5.46. The number of benzene rings is 2. The van der Waals surface area contributed by atoms with Crippen molar-refractivity contribution >= 4 is 16.9 Å². The molecular formula is C18H19N3O2. The number of nitrogens with one attached hydrogen (secondary N) is 2. The Morgan fingerprint density at radius 2 is 1.96 bits per heavy atom. The summed E-state index contributed by atoms with van der Waals surface area (Å²) in [4.78, 5) is 20.1. The number of carbonyl (C=O) groups excluding carboxylic acids is 1. The monoisotopic (exact) mass is 309 g/mol. The van der Waals surface area contributed by atoms with Crippen LogP contribution in [-0.4, -0.2) is 23.0 Å². The summed E-state index contributed by atoms with van der Waals surface area (Å²) in [5.41, 5.74) is 3.52. The van der Waals surface area contributed by atoms with Crippen LogP contribution in [0.5, 0.6) is 0 Å². The first-order valence-corrected chi connectivity index (χ1v) is 7.51. The average Bonchev–Trinajstić information content (AvgIpc) is 3.00. The number of amides is 1. The predicted molar refractivity (Wildman–Crippen MR) is 89.1 cm³/mol. The fraction of sp³-hybridized carbons (Fsp3) is 0.222. The van der Waals surface area contributed by atoms with Crippen molar-refractivity contribution in [1.29, 1.82) is 0 Å². The number of rotatable bonds is 5. The van der Waals surface area contributed by atoms with Crippen molar-refractivity contribution in [1.82, 2.24) is 15.3 Å². The number of aromatic amines is 1. The highest BCUT2D eigenvalue weighted by molar-refractivity contribution is 5.94. The summed E-state index contributed by atoms with van der Waals surface area (Å²) < 4.78 is 5.07. The largest absolute Gasteiger partial charge is 0.380 e. The molecule has 0 unspecified atom stereocenters. The molecule has 0 saturated carbocycles. The molecule has 2 aromatic carbocycles. The van der Waals surface area contributed by atoms with Gasteiger partial charge in [-0.15, -0.1) is 0 Å². The van der Waals surface area contributed by atoms with E-state index in [1.54, 1.807) is 19.2 Å². The minimum Gasteiger partial charge on any atom is -0.380 e. The van der Waals surface area contributed by atoms with Crippen molar-refractivity contribution in [2.24, 2.45) is 0 Å². The van der Waals surface area contributed by atoms with Crippen molar-refractivity contribution in [3.05, 3.63) is 65.5 Å². The Kier molecular flexibility index (Phi) is 4.39. The zero-order chi connectivity index (χ0) is 16.2. The zero-order valence-corrected chi connectivity index (χ0v) is 13.2. The molecule has 118 valence electrons. The molecule has 0 aliphatic rings. The molecule has 3 aromatic rings. The third-order valence-corrected chi connectivity index (χ3v) is 3.69. The topological polar surface area (TPSA) is 67.0 Å². The number of imidazole rings is 1. The van der Waals surface area contributed by atoms with Gasteiger partial charge in [0.05, 0.1) is 23.7 Å². The van der Waals surface area contributed by atoms with Crippen molar-refractivity contribution in [2.75, 3.05) is 7.11 Å². The third-order valence-electron chi connectivity index (χ3n) is 3.69. The van der Waals surface area contributed by atoms with Crippen molar-refractivity contribution in [3.8, 4) is 0 Å². The highest BCUT2D eigenvalue weighted by atomic mass is 16.5. The van der Waals surface area contributed by atoms with Gasteiger partial charge in [-0.1, -0.05) is 24.3 Å². The molecular weight excluding hydrogens is 290 g/mol. The van der Waals surface area contributed by atoms with Gasteiger partial charge >= 0.3 is 0 Å². The van der Waals surface area contributed by atoms with E-state index in [2.05, 4.69) is 15.3 Å². The molecule has 0 aliphatic heterocycles. The molecule has 23 heavy (non-hydrogen) atoms. The van der Waals surface area contributed by atoms with E-state index in [4.69, 9.17) is 4.74 Å². The highest BCUT2D eigenvalue weighted by Gasteiger charge is 2.14.